The highest BCUT2D eigenvalue weighted by atomic mass is 14.6. The minimum atomic E-state index is 0.731. The van der Waals surface area contributed by atoms with Crippen LogP contribution in [0.25, 0.3) is 0 Å². The van der Waals surface area contributed by atoms with Crippen LogP contribution >= 0.6 is 0 Å². The largest absolute Gasteiger partial charge is 0.330 e. The minimum Gasteiger partial charge on any atom is -0.330 e. The fourth-order valence-corrected chi connectivity index (χ4v) is 2.65. The van der Waals surface area contributed by atoms with Gasteiger partial charge in [-0.15, -0.1) is 0 Å². The van der Waals surface area contributed by atoms with Crippen LogP contribution in [0.15, 0.2) is 12.2 Å². The predicted octanol–water partition coefficient (Wildman–Crippen LogP) is 1.79. The molecule has 0 amide bonds. The standard InChI is InChI=1S/C10H17N/c1-7(6-11)10-5-8-2-3-9(10)4-8/h2-3,7-10H,4-6,11H2,1H3. The Hall–Kier alpha value is -0.300. The highest BCUT2D eigenvalue weighted by Gasteiger charge is 2.37. The molecule has 0 aromatic rings. The number of allylic oxidation sites excluding steroid dienone is 2. The summed E-state index contributed by atoms with van der Waals surface area (Å²) in [6.07, 6.45) is 7.62. The monoisotopic (exact) mass is 151 g/mol. The molecule has 1 fully saturated rings. The van der Waals surface area contributed by atoms with Crippen molar-refractivity contribution >= 4 is 0 Å². The molecule has 11 heavy (non-hydrogen) atoms. The van der Waals surface area contributed by atoms with Crippen LogP contribution in [0.4, 0.5) is 0 Å². The molecule has 2 rings (SSSR count). The highest BCUT2D eigenvalue weighted by Crippen LogP contribution is 2.46. The summed E-state index contributed by atoms with van der Waals surface area (Å²) in [4.78, 5) is 0. The Morgan fingerprint density at radius 3 is 2.73 bits per heavy atom. The fraction of sp³-hybridized carbons (Fsp3) is 0.800. The third-order valence-corrected chi connectivity index (χ3v) is 3.43. The van der Waals surface area contributed by atoms with E-state index >= 15 is 0 Å². The van der Waals surface area contributed by atoms with Crippen LogP contribution < -0.4 is 5.73 Å². The molecule has 0 saturated heterocycles. The van der Waals surface area contributed by atoms with Gasteiger partial charge in [0.25, 0.3) is 0 Å². The second-order valence-electron chi connectivity index (χ2n) is 4.16. The van der Waals surface area contributed by atoms with Gasteiger partial charge in [-0.05, 0) is 43.1 Å². The molecule has 0 aliphatic heterocycles. The number of hydrogen-bond donors (Lipinski definition) is 1. The normalized spacial score (nSPS) is 43.3. The van der Waals surface area contributed by atoms with Crippen molar-refractivity contribution in [2.45, 2.75) is 19.8 Å². The lowest BCUT2D eigenvalue weighted by atomic mass is 9.83. The number of rotatable bonds is 2. The first-order chi connectivity index (χ1) is 5.31. The first-order valence-corrected chi connectivity index (χ1v) is 4.69. The van der Waals surface area contributed by atoms with Gasteiger partial charge in [0.05, 0.1) is 0 Å². The van der Waals surface area contributed by atoms with E-state index in [1.807, 2.05) is 0 Å². The van der Waals surface area contributed by atoms with Crippen molar-refractivity contribution in [1.82, 2.24) is 0 Å². The van der Waals surface area contributed by atoms with Gasteiger partial charge in [-0.1, -0.05) is 19.1 Å². The molecule has 1 heteroatoms. The zero-order chi connectivity index (χ0) is 7.84. The van der Waals surface area contributed by atoms with E-state index in [0.717, 1.165) is 30.2 Å². The van der Waals surface area contributed by atoms with Gasteiger partial charge in [0.15, 0.2) is 0 Å². The molecule has 0 radical (unpaired) electrons. The molecule has 4 unspecified atom stereocenters. The van der Waals surface area contributed by atoms with E-state index in [0.29, 0.717) is 0 Å². The summed E-state index contributed by atoms with van der Waals surface area (Å²) in [7, 11) is 0. The Morgan fingerprint density at radius 2 is 2.27 bits per heavy atom. The second-order valence-corrected chi connectivity index (χ2v) is 4.16. The van der Waals surface area contributed by atoms with Gasteiger partial charge in [0, 0.05) is 0 Å². The van der Waals surface area contributed by atoms with Crippen molar-refractivity contribution in [3.05, 3.63) is 12.2 Å². The van der Waals surface area contributed by atoms with E-state index < -0.39 is 0 Å². The smallest absolute Gasteiger partial charge is 0.00486 e. The Labute approximate surface area is 68.7 Å². The highest BCUT2D eigenvalue weighted by molar-refractivity contribution is 5.10. The van der Waals surface area contributed by atoms with Crippen LogP contribution in [0.2, 0.25) is 0 Å². The third kappa shape index (κ3) is 1.12. The van der Waals surface area contributed by atoms with Gasteiger partial charge in [0.2, 0.25) is 0 Å². The SMILES string of the molecule is CC(CN)C1CC2C=CC1C2. The average molecular weight is 151 g/mol. The summed E-state index contributed by atoms with van der Waals surface area (Å²) in [5.74, 6) is 3.41. The van der Waals surface area contributed by atoms with Gasteiger partial charge < -0.3 is 5.73 Å². The molecule has 4 atom stereocenters. The lowest BCUT2D eigenvalue weighted by molar-refractivity contribution is 0.315. The Balaban J connectivity index is 2.02. The van der Waals surface area contributed by atoms with Crippen molar-refractivity contribution in [2.24, 2.45) is 29.4 Å². The summed E-state index contributed by atoms with van der Waals surface area (Å²) in [5, 5.41) is 0. The van der Waals surface area contributed by atoms with Gasteiger partial charge in [-0.2, -0.15) is 0 Å². The Kier molecular flexibility index (Phi) is 1.76. The molecular formula is C10H17N. The van der Waals surface area contributed by atoms with Crippen LogP contribution in [0.1, 0.15) is 19.8 Å². The topological polar surface area (TPSA) is 26.0 Å². The number of hydrogen-bond acceptors (Lipinski definition) is 1. The van der Waals surface area contributed by atoms with Gasteiger partial charge in [-0.25, -0.2) is 0 Å². The van der Waals surface area contributed by atoms with Crippen LogP contribution in [0.3, 0.4) is 0 Å². The molecule has 1 saturated carbocycles. The van der Waals surface area contributed by atoms with Crippen LogP contribution in [0, 0.1) is 23.7 Å². The molecule has 0 aromatic heterocycles. The van der Waals surface area contributed by atoms with Crippen molar-refractivity contribution in [3.63, 3.8) is 0 Å². The van der Waals surface area contributed by atoms with Crippen LogP contribution in [0.5, 0.6) is 0 Å². The van der Waals surface area contributed by atoms with E-state index in [4.69, 9.17) is 5.73 Å². The lowest BCUT2D eigenvalue weighted by Crippen LogP contribution is -2.23. The van der Waals surface area contributed by atoms with Crippen molar-refractivity contribution < 1.29 is 0 Å². The summed E-state index contributed by atoms with van der Waals surface area (Å²) >= 11 is 0. The van der Waals surface area contributed by atoms with Crippen molar-refractivity contribution in [2.75, 3.05) is 6.54 Å². The minimum absolute atomic E-state index is 0.731. The van der Waals surface area contributed by atoms with Gasteiger partial charge in [0.1, 0.15) is 0 Å². The van der Waals surface area contributed by atoms with E-state index in [1.54, 1.807) is 0 Å². The molecule has 2 N–H and O–H groups in total. The first kappa shape index (κ1) is 7.35. The van der Waals surface area contributed by atoms with Crippen LogP contribution in [-0.4, -0.2) is 6.54 Å². The van der Waals surface area contributed by atoms with Crippen molar-refractivity contribution in [3.8, 4) is 0 Å². The summed E-state index contributed by atoms with van der Waals surface area (Å²) in [6.45, 7) is 3.15. The molecular weight excluding hydrogens is 134 g/mol. The van der Waals surface area contributed by atoms with Gasteiger partial charge in [-0.3, -0.25) is 0 Å². The zero-order valence-electron chi connectivity index (χ0n) is 7.16. The Bertz CT molecular complexity index is 174. The summed E-state index contributed by atoms with van der Waals surface area (Å²) in [5.41, 5.74) is 5.66. The molecule has 0 aromatic carbocycles. The molecule has 2 aliphatic carbocycles. The van der Waals surface area contributed by atoms with E-state index in [-0.39, 0.29) is 0 Å². The number of nitrogens with two attached hydrogens (primary N) is 1. The summed E-state index contributed by atoms with van der Waals surface area (Å²) < 4.78 is 0. The van der Waals surface area contributed by atoms with E-state index in [9.17, 15) is 0 Å². The number of fused-ring (bicyclic) bond motifs is 2. The lowest BCUT2D eigenvalue weighted by Gasteiger charge is -2.23. The quantitative estimate of drug-likeness (QED) is 0.598. The molecule has 1 nitrogen and oxygen atoms in total. The average Bonchev–Trinajstić information content (AvgIpc) is 2.62. The van der Waals surface area contributed by atoms with Crippen molar-refractivity contribution in [1.29, 1.82) is 0 Å². The Morgan fingerprint density at radius 1 is 1.45 bits per heavy atom. The molecule has 2 bridgehead atoms. The maximum Gasteiger partial charge on any atom is -0.00486 e. The second kappa shape index (κ2) is 2.63. The third-order valence-electron chi connectivity index (χ3n) is 3.43. The molecule has 62 valence electrons. The van der Waals surface area contributed by atoms with Gasteiger partial charge >= 0.3 is 0 Å². The van der Waals surface area contributed by atoms with E-state index in [2.05, 4.69) is 19.1 Å². The maximum absolute atomic E-state index is 5.66. The molecule has 0 spiro atoms. The van der Waals surface area contributed by atoms with E-state index in [1.165, 1.54) is 12.8 Å². The molecule has 2 aliphatic rings. The zero-order valence-corrected chi connectivity index (χ0v) is 7.16. The molecule has 0 heterocycles. The summed E-state index contributed by atoms with van der Waals surface area (Å²) in [6, 6.07) is 0. The fourth-order valence-electron chi connectivity index (χ4n) is 2.65. The predicted molar refractivity (Wildman–Crippen MR) is 47.1 cm³/mol. The maximum atomic E-state index is 5.66. The van der Waals surface area contributed by atoms with Crippen LogP contribution in [-0.2, 0) is 0 Å². The first-order valence-electron chi connectivity index (χ1n) is 4.69.